The van der Waals surface area contributed by atoms with E-state index in [2.05, 4.69) is 10.7 Å². The third-order valence-electron chi connectivity index (χ3n) is 5.44. The van der Waals surface area contributed by atoms with Crippen LogP contribution in [0.4, 0.5) is 15.8 Å². The summed E-state index contributed by atoms with van der Waals surface area (Å²) in [6.45, 7) is 2.31. The second-order valence-electron chi connectivity index (χ2n) is 7.98. The second kappa shape index (κ2) is 11.4. The van der Waals surface area contributed by atoms with Crippen molar-refractivity contribution in [1.82, 2.24) is 10.4 Å². The molecule has 1 atom stereocenters. The Labute approximate surface area is 222 Å². The number of carbonyl (C=O) groups is 3. The summed E-state index contributed by atoms with van der Waals surface area (Å²) < 4.78 is 18.9. The number of nitrogens with zero attached hydrogens (tertiary/aromatic N) is 2. The molecule has 2 N–H and O–H groups in total. The number of anilines is 2. The number of hydrogen-bond donors (Lipinski definition) is 2. The van der Waals surface area contributed by atoms with E-state index in [9.17, 15) is 18.8 Å². The van der Waals surface area contributed by atoms with Gasteiger partial charge in [-0.1, -0.05) is 17.7 Å². The molecule has 4 rings (SSSR count). The molecule has 0 saturated carbocycles. The SMILES string of the molecule is CCOc1cccc(NC(=O)CC2C(=O)N(c3ccc(F)cc3)C(=S)N2NC(=O)c2ccc(Cl)cc2)c1. The summed E-state index contributed by atoms with van der Waals surface area (Å²) in [4.78, 5) is 40.5. The van der Waals surface area contributed by atoms with Crippen LogP contribution >= 0.6 is 23.8 Å². The predicted octanol–water partition coefficient (Wildman–Crippen LogP) is 4.55. The first kappa shape index (κ1) is 26.1. The maximum absolute atomic E-state index is 13.5. The maximum Gasteiger partial charge on any atom is 0.269 e. The predicted molar refractivity (Wildman–Crippen MR) is 142 cm³/mol. The van der Waals surface area contributed by atoms with E-state index >= 15 is 0 Å². The molecule has 0 aliphatic carbocycles. The first-order chi connectivity index (χ1) is 17.8. The number of ether oxygens (including phenoxy) is 1. The zero-order chi connectivity index (χ0) is 26.5. The number of carbonyl (C=O) groups excluding carboxylic acids is 3. The highest BCUT2D eigenvalue weighted by molar-refractivity contribution is 7.80. The van der Waals surface area contributed by atoms with E-state index in [1.165, 1.54) is 41.4 Å². The zero-order valence-corrected chi connectivity index (χ0v) is 21.2. The van der Waals surface area contributed by atoms with Crippen LogP contribution in [-0.2, 0) is 9.59 Å². The van der Waals surface area contributed by atoms with Crippen molar-refractivity contribution in [3.8, 4) is 5.75 Å². The van der Waals surface area contributed by atoms with Crippen molar-refractivity contribution in [2.24, 2.45) is 0 Å². The van der Waals surface area contributed by atoms with E-state index in [1.54, 1.807) is 36.4 Å². The van der Waals surface area contributed by atoms with Crippen LogP contribution in [0.15, 0.2) is 72.8 Å². The standard InChI is InChI=1S/C26H22ClFN4O4S/c1-2-36-21-5-3-4-19(14-21)29-23(33)15-22-25(35)31(20-12-10-18(28)11-13-20)26(37)32(22)30-24(34)16-6-8-17(27)9-7-16/h3-14,22H,2,15H2,1H3,(H,29,33)(H,30,34). The van der Waals surface area contributed by atoms with Gasteiger partial charge in [0.2, 0.25) is 11.0 Å². The molecule has 3 amide bonds. The van der Waals surface area contributed by atoms with Gasteiger partial charge in [0.15, 0.2) is 0 Å². The molecule has 1 aliphatic heterocycles. The lowest BCUT2D eigenvalue weighted by Gasteiger charge is -2.24. The Morgan fingerprint density at radius 1 is 1.08 bits per heavy atom. The summed E-state index contributed by atoms with van der Waals surface area (Å²) in [6, 6.07) is 17.0. The van der Waals surface area contributed by atoms with Gasteiger partial charge in [0, 0.05) is 22.3 Å². The van der Waals surface area contributed by atoms with Crippen LogP contribution in [0.2, 0.25) is 5.02 Å². The number of hydrazine groups is 1. The van der Waals surface area contributed by atoms with Gasteiger partial charge in [0.05, 0.1) is 18.7 Å². The quantitative estimate of drug-likeness (QED) is 0.407. The molecule has 1 saturated heterocycles. The molecule has 0 aromatic heterocycles. The lowest BCUT2D eigenvalue weighted by atomic mass is 10.1. The minimum atomic E-state index is -1.15. The lowest BCUT2D eigenvalue weighted by Crippen LogP contribution is -2.49. The fourth-order valence-corrected chi connectivity index (χ4v) is 4.21. The first-order valence-electron chi connectivity index (χ1n) is 11.3. The molecular weight excluding hydrogens is 519 g/mol. The average Bonchev–Trinajstić information content (AvgIpc) is 3.09. The van der Waals surface area contributed by atoms with Gasteiger partial charge in [0.1, 0.15) is 17.6 Å². The maximum atomic E-state index is 13.5. The van der Waals surface area contributed by atoms with E-state index in [-0.39, 0.29) is 17.1 Å². The average molecular weight is 541 g/mol. The number of rotatable bonds is 8. The van der Waals surface area contributed by atoms with Crippen LogP contribution in [0.5, 0.6) is 5.75 Å². The van der Waals surface area contributed by atoms with Gasteiger partial charge < -0.3 is 10.1 Å². The highest BCUT2D eigenvalue weighted by atomic mass is 35.5. The largest absolute Gasteiger partial charge is 0.494 e. The highest BCUT2D eigenvalue weighted by Gasteiger charge is 2.45. The molecule has 1 aliphatic rings. The molecule has 11 heteroatoms. The fourth-order valence-electron chi connectivity index (χ4n) is 3.72. The van der Waals surface area contributed by atoms with Gasteiger partial charge in [-0.3, -0.25) is 24.7 Å². The van der Waals surface area contributed by atoms with Crippen LogP contribution < -0.4 is 20.4 Å². The number of amides is 3. The van der Waals surface area contributed by atoms with Crippen molar-refractivity contribution in [3.05, 3.63) is 89.2 Å². The second-order valence-corrected chi connectivity index (χ2v) is 8.78. The molecule has 8 nitrogen and oxygen atoms in total. The van der Waals surface area contributed by atoms with Gasteiger partial charge in [-0.2, -0.15) is 0 Å². The summed E-state index contributed by atoms with van der Waals surface area (Å²) in [6.07, 6.45) is -0.323. The summed E-state index contributed by atoms with van der Waals surface area (Å²) >= 11 is 11.4. The van der Waals surface area contributed by atoms with Crippen molar-refractivity contribution in [2.75, 3.05) is 16.8 Å². The Hall–Kier alpha value is -4.02. The number of hydrogen-bond acceptors (Lipinski definition) is 5. The van der Waals surface area contributed by atoms with Gasteiger partial charge in [0.25, 0.3) is 11.8 Å². The minimum absolute atomic E-state index is 0.0601. The van der Waals surface area contributed by atoms with Crippen molar-refractivity contribution >= 4 is 58.0 Å². The van der Waals surface area contributed by atoms with Crippen molar-refractivity contribution < 1.29 is 23.5 Å². The summed E-state index contributed by atoms with van der Waals surface area (Å²) in [5, 5.41) is 4.31. The molecule has 3 aromatic carbocycles. The molecular formula is C26H22ClFN4O4S. The number of thiocarbonyl (C=S) groups is 1. The van der Waals surface area contributed by atoms with Gasteiger partial charge in [-0.25, -0.2) is 9.40 Å². The normalized spacial score (nSPS) is 15.1. The minimum Gasteiger partial charge on any atom is -0.494 e. The number of nitrogens with one attached hydrogen (secondary N) is 2. The third kappa shape index (κ3) is 6.04. The van der Waals surface area contributed by atoms with Crippen LogP contribution in [0.1, 0.15) is 23.7 Å². The molecule has 0 spiro atoms. The van der Waals surface area contributed by atoms with Gasteiger partial charge >= 0.3 is 0 Å². The molecule has 1 fully saturated rings. The zero-order valence-electron chi connectivity index (χ0n) is 19.6. The van der Waals surface area contributed by atoms with Crippen molar-refractivity contribution in [1.29, 1.82) is 0 Å². The molecule has 3 aromatic rings. The lowest BCUT2D eigenvalue weighted by molar-refractivity contribution is -0.124. The van der Waals surface area contributed by atoms with Crippen molar-refractivity contribution in [2.45, 2.75) is 19.4 Å². The number of halogens is 2. The third-order valence-corrected chi connectivity index (χ3v) is 6.07. The Kier molecular flexibility index (Phi) is 8.00. The number of benzene rings is 3. The summed E-state index contributed by atoms with van der Waals surface area (Å²) in [5.41, 5.74) is 3.68. The molecule has 1 unspecified atom stereocenters. The molecule has 1 heterocycles. The molecule has 0 radical (unpaired) electrons. The van der Waals surface area contributed by atoms with Gasteiger partial charge in [-0.05, 0) is 79.8 Å². The van der Waals surface area contributed by atoms with Crippen LogP contribution in [0, 0.1) is 5.82 Å². The Bertz CT molecular complexity index is 1340. The van der Waals surface area contributed by atoms with E-state index < -0.39 is 29.6 Å². The van der Waals surface area contributed by atoms with Crippen LogP contribution in [-0.4, -0.2) is 40.5 Å². The Morgan fingerprint density at radius 2 is 1.78 bits per heavy atom. The van der Waals surface area contributed by atoms with Crippen molar-refractivity contribution in [3.63, 3.8) is 0 Å². The first-order valence-corrected chi connectivity index (χ1v) is 12.1. The molecule has 37 heavy (non-hydrogen) atoms. The van der Waals surface area contributed by atoms with Gasteiger partial charge in [-0.15, -0.1) is 0 Å². The molecule has 190 valence electrons. The summed E-state index contributed by atoms with van der Waals surface area (Å²) in [7, 11) is 0. The highest BCUT2D eigenvalue weighted by Crippen LogP contribution is 2.27. The van der Waals surface area contributed by atoms with E-state index in [4.69, 9.17) is 28.6 Å². The Morgan fingerprint density at radius 3 is 2.46 bits per heavy atom. The monoisotopic (exact) mass is 540 g/mol. The van der Waals surface area contributed by atoms with Crippen LogP contribution in [0.25, 0.3) is 0 Å². The van der Waals surface area contributed by atoms with E-state index in [1.807, 2.05) is 6.92 Å². The smallest absolute Gasteiger partial charge is 0.269 e. The van der Waals surface area contributed by atoms with E-state index in [0.29, 0.717) is 28.8 Å². The molecule has 0 bridgehead atoms. The Balaban J connectivity index is 1.58. The fraction of sp³-hybridized carbons (Fsp3) is 0.154. The van der Waals surface area contributed by atoms with Crippen LogP contribution in [0.3, 0.4) is 0 Å². The van der Waals surface area contributed by atoms with E-state index in [0.717, 1.165) is 4.90 Å². The summed E-state index contributed by atoms with van der Waals surface area (Å²) in [5.74, 6) is -1.49. The topological polar surface area (TPSA) is 91.0 Å².